The van der Waals surface area contributed by atoms with Gasteiger partial charge in [0.1, 0.15) is 0 Å². The second-order valence-corrected chi connectivity index (χ2v) is 7.17. The van der Waals surface area contributed by atoms with E-state index in [1.807, 2.05) is 10.8 Å². The number of hydrogen-bond acceptors (Lipinski definition) is 3. The summed E-state index contributed by atoms with van der Waals surface area (Å²) in [6, 6.07) is 13.4. The van der Waals surface area contributed by atoms with E-state index in [2.05, 4.69) is 15.9 Å². The molecule has 0 saturated heterocycles. The minimum Gasteiger partial charge on any atom is -0.268 e. The van der Waals surface area contributed by atoms with Crippen molar-refractivity contribution in [2.24, 2.45) is 0 Å². The van der Waals surface area contributed by atoms with Gasteiger partial charge < -0.3 is 0 Å². The van der Waals surface area contributed by atoms with E-state index < -0.39 is 15.9 Å². The van der Waals surface area contributed by atoms with E-state index in [0.29, 0.717) is 15.1 Å². The Balaban J connectivity index is 2.14. The van der Waals surface area contributed by atoms with Crippen LogP contribution < -0.4 is 4.72 Å². The summed E-state index contributed by atoms with van der Waals surface area (Å²) in [5.74, 6) is -0.735. The molecule has 7 heteroatoms. The Morgan fingerprint density at radius 3 is 2.45 bits per heavy atom. The highest BCUT2D eigenvalue weighted by molar-refractivity contribution is 9.10. The Labute approximate surface area is 142 Å². The average Bonchev–Trinajstić information content (AvgIpc) is 2.45. The maximum Gasteiger partial charge on any atom is 0.266 e. The van der Waals surface area contributed by atoms with Crippen molar-refractivity contribution in [3.05, 3.63) is 74.6 Å². The van der Waals surface area contributed by atoms with Crippen molar-refractivity contribution < 1.29 is 13.2 Å². The van der Waals surface area contributed by atoms with E-state index in [0.717, 1.165) is 5.41 Å². The van der Waals surface area contributed by atoms with Gasteiger partial charge in [0.05, 0.1) is 11.0 Å². The molecule has 0 aliphatic heterocycles. The van der Waals surface area contributed by atoms with Gasteiger partial charge in [-0.2, -0.15) is 0 Å². The zero-order valence-electron chi connectivity index (χ0n) is 11.2. The molecule has 2 aromatic rings. The number of carbonyl (C=O) groups is 1. The summed E-state index contributed by atoms with van der Waals surface area (Å²) in [5, 5.41) is 1.39. The molecular weight excluding hydrogens is 390 g/mol. The monoisotopic (exact) mass is 399 g/mol. The summed E-state index contributed by atoms with van der Waals surface area (Å²) in [6.45, 7) is 0. The number of nitrogens with one attached hydrogen (secondary N) is 1. The number of amides is 1. The highest BCUT2D eigenvalue weighted by Crippen LogP contribution is 2.21. The quantitative estimate of drug-likeness (QED) is 0.848. The fraction of sp³-hybridized carbons (Fsp3) is 0. The first-order valence-electron chi connectivity index (χ1n) is 6.13. The summed E-state index contributed by atoms with van der Waals surface area (Å²) in [4.78, 5) is 12.0. The molecule has 0 bridgehead atoms. The van der Waals surface area contributed by atoms with Crippen LogP contribution in [0.15, 0.2) is 58.4 Å². The molecule has 22 heavy (non-hydrogen) atoms. The Hall–Kier alpha value is -1.63. The molecule has 0 saturated carbocycles. The lowest BCUT2D eigenvalue weighted by Crippen LogP contribution is -2.29. The fourth-order valence-corrected chi connectivity index (χ4v) is 3.26. The van der Waals surface area contributed by atoms with Crippen molar-refractivity contribution in [3.8, 4) is 0 Å². The maximum atomic E-state index is 12.0. The summed E-state index contributed by atoms with van der Waals surface area (Å²) in [7, 11) is -3.89. The van der Waals surface area contributed by atoms with Gasteiger partial charge in [0, 0.05) is 9.50 Å². The Morgan fingerprint density at radius 1 is 1.14 bits per heavy atom. The summed E-state index contributed by atoms with van der Waals surface area (Å²) in [5.41, 5.74) is 0.897. The van der Waals surface area contributed by atoms with Gasteiger partial charge in [0.15, 0.2) is 0 Å². The lowest BCUT2D eigenvalue weighted by Gasteiger charge is -2.05. The van der Waals surface area contributed by atoms with E-state index in [1.165, 1.54) is 24.3 Å². The van der Waals surface area contributed by atoms with Gasteiger partial charge >= 0.3 is 0 Å². The van der Waals surface area contributed by atoms with Crippen molar-refractivity contribution in [1.29, 1.82) is 0 Å². The molecule has 1 amide bonds. The molecule has 2 rings (SSSR count). The summed E-state index contributed by atoms with van der Waals surface area (Å²) >= 11 is 8.95. The molecule has 0 heterocycles. The van der Waals surface area contributed by atoms with Crippen LogP contribution in [0.5, 0.6) is 0 Å². The van der Waals surface area contributed by atoms with E-state index in [9.17, 15) is 13.2 Å². The summed E-state index contributed by atoms with van der Waals surface area (Å²) in [6.07, 6.45) is 1.41. The molecule has 0 aliphatic carbocycles. The predicted molar refractivity (Wildman–Crippen MR) is 91.0 cm³/mol. The molecule has 0 unspecified atom stereocenters. The minimum atomic E-state index is -3.89. The number of rotatable bonds is 4. The molecule has 0 fully saturated rings. The zero-order valence-corrected chi connectivity index (χ0v) is 14.3. The normalized spacial score (nSPS) is 11.5. The van der Waals surface area contributed by atoms with Gasteiger partial charge in [0.2, 0.25) is 0 Å². The number of hydrogen-bond donors (Lipinski definition) is 1. The lowest BCUT2D eigenvalue weighted by molar-refractivity contribution is 0.0981. The first-order chi connectivity index (χ1) is 10.4. The molecule has 0 atom stereocenters. The zero-order chi connectivity index (χ0) is 16.2. The highest BCUT2D eigenvalue weighted by atomic mass is 79.9. The van der Waals surface area contributed by atoms with Crippen molar-refractivity contribution in [2.75, 3.05) is 0 Å². The smallest absolute Gasteiger partial charge is 0.266 e. The molecule has 4 nitrogen and oxygen atoms in total. The van der Waals surface area contributed by atoms with Gasteiger partial charge in [0.25, 0.3) is 15.9 Å². The van der Waals surface area contributed by atoms with Gasteiger partial charge in [-0.05, 0) is 45.8 Å². The third-order valence-electron chi connectivity index (χ3n) is 2.65. The Kier molecular flexibility index (Phi) is 5.39. The largest absolute Gasteiger partial charge is 0.268 e. The van der Waals surface area contributed by atoms with E-state index >= 15 is 0 Å². The number of benzene rings is 2. The first kappa shape index (κ1) is 16.7. The molecule has 0 aromatic heterocycles. The molecule has 2 aromatic carbocycles. The van der Waals surface area contributed by atoms with Gasteiger partial charge in [-0.3, -0.25) is 4.79 Å². The molecule has 0 spiro atoms. The van der Waals surface area contributed by atoms with Crippen LogP contribution >= 0.6 is 27.5 Å². The van der Waals surface area contributed by atoms with Crippen LogP contribution in [0.3, 0.4) is 0 Å². The van der Waals surface area contributed by atoms with E-state index in [4.69, 9.17) is 11.6 Å². The minimum absolute atomic E-state index is 0.182. The van der Waals surface area contributed by atoms with Crippen LogP contribution in [-0.2, 0) is 10.0 Å². The predicted octanol–water partition coefficient (Wildman–Crippen LogP) is 3.83. The van der Waals surface area contributed by atoms with Crippen LogP contribution in [0.25, 0.3) is 6.08 Å². The van der Waals surface area contributed by atoms with Gasteiger partial charge in [-0.25, -0.2) is 13.1 Å². The van der Waals surface area contributed by atoms with Crippen molar-refractivity contribution in [2.45, 2.75) is 0 Å². The highest BCUT2D eigenvalue weighted by Gasteiger charge is 2.15. The molecule has 0 aliphatic rings. The lowest BCUT2D eigenvalue weighted by atomic mass is 10.2. The van der Waals surface area contributed by atoms with E-state index in [-0.39, 0.29) is 5.56 Å². The average molecular weight is 401 g/mol. The van der Waals surface area contributed by atoms with Crippen LogP contribution in [0.2, 0.25) is 5.02 Å². The van der Waals surface area contributed by atoms with E-state index in [1.54, 1.807) is 24.3 Å². The first-order valence-corrected chi connectivity index (χ1v) is 8.84. The number of halogens is 2. The van der Waals surface area contributed by atoms with Crippen LogP contribution in [0.4, 0.5) is 0 Å². The SMILES string of the molecule is O=C(NS(=O)(=O)/C=C/c1ccccc1)c1ccc(Cl)cc1Br. The third kappa shape index (κ3) is 4.69. The van der Waals surface area contributed by atoms with Crippen molar-refractivity contribution in [1.82, 2.24) is 4.72 Å². The standard InChI is InChI=1S/C15H11BrClNO3S/c16-14-10-12(17)6-7-13(14)15(19)18-22(20,21)9-8-11-4-2-1-3-5-11/h1-10H,(H,18,19)/b9-8+. The molecule has 1 N–H and O–H groups in total. The second-order valence-electron chi connectivity index (χ2n) is 4.31. The van der Waals surface area contributed by atoms with Crippen LogP contribution in [-0.4, -0.2) is 14.3 Å². The molecular formula is C15H11BrClNO3S. The number of carbonyl (C=O) groups excluding carboxylic acids is 1. The van der Waals surface area contributed by atoms with Crippen LogP contribution in [0.1, 0.15) is 15.9 Å². The maximum absolute atomic E-state index is 12.0. The molecule has 0 radical (unpaired) electrons. The van der Waals surface area contributed by atoms with Gasteiger partial charge in [-0.15, -0.1) is 0 Å². The summed E-state index contributed by atoms with van der Waals surface area (Å²) < 4.78 is 26.2. The number of sulfonamides is 1. The van der Waals surface area contributed by atoms with Crippen molar-refractivity contribution in [3.63, 3.8) is 0 Å². The van der Waals surface area contributed by atoms with Gasteiger partial charge in [-0.1, -0.05) is 41.9 Å². The topological polar surface area (TPSA) is 63.2 Å². The molecule has 114 valence electrons. The third-order valence-corrected chi connectivity index (χ3v) is 4.51. The fourth-order valence-electron chi connectivity index (χ4n) is 1.62. The second kappa shape index (κ2) is 7.09. The van der Waals surface area contributed by atoms with Crippen LogP contribution in [0, 0.1) is 0 Å². The Bertz CT molecular complexity index is 820. The van der Waals surface area contributed by atoms with Crippen molar-refractivity contribution >= 4 is 49.5 Å². The Morgan fingerprint density at radius 2 is 1.82 bits per heavy atom.